The summed E-state index contributed by atoms with van der Waals surface area (Å²) in [5.41, 5.74) is 0. The molecule has 1 N–H and O–H groups in total. The summed E-state index contributed by atoms with van der Waals surface area (Å²) < 4.78 is 0. The molecule has 11 heavy (non-hydrogen) atoms. The molecule has 1 atom stereocenters. The zero-order chi connectivity index (χ0) is 8.43. The fourth-order valence-electron chi connectivity index (χ4n) is 0.679. The molecule has 1 unspecified atom stereocenters. The summed E-state index contributed by atoms with van der Waals surface area (Å²) in [5, 5.41) is 10.6. The van der Waals surface area contributed by atoms with Crippen LogP contribution in [0.4, 0.5) is 4.79 Å². The highest BCUT2D eigenvalue weighted by Crippen LogP contribution is 2.20. The molecular formula is C5H4NO4S-. The smallest absolute Gasteiger partial charge is 0.286 e. The molecule has 0 saturated carbocycles. The number of amides is 2. The van der Waals surface area contributed by atoms with Gasteiger partial charge in [0.15, 0.2) is 0 Å². The van der Waals surface area contributed by atoms with E-state index in [9.17, 15) is 19.5 Å². The molecule has 0 aromatic rings. The molecular weight excluding hydrogens is 170 g/mol. The predicted molar refractivity (Wildman–Crippen MR) is 34.5 cm³/mol. The van der Waals surface area contributed by atoms with Crippen LogP contribution in [0, 0.1) is 0 Å². The van der Waals surface area contributed by atoms with Crippen LogP contribution in [0.2, 0.25) is 0 Å². The molecule has 1 aliphatic heterocycles. The summed E-state index contributed by atoms with van der Waals surface area (Å²) >= 11 is 0.682. The van der Waals surface area contributed by atoms with E-state index < -0.39 is 28.8 Å². The monoisotopic (exact) mass is 174 g/mol. The Morgan fingerprint density at radius 1 is 1.64 bits per heavy atom. The maximum atomic E-state index is 10.7. The summed E-state index contributed by atoms with van der Waals surface area (Å²) in [6.07, 6.45) is -0.414. The van der Waals surface area contributed by atoms with E-state index in [0.29, 0.717) is 11.8 Å². The van der Waals surface area contributed by atoms with E-state index >= 15 is 0 Å². The Kier molecular flexibility index (Phi) is 2.13. The number of carbonyl (C=O) groups excluding carboxylic acids is 3. The summed E-state index contributed by atoms with van der Waals surface area (Å²) in [4.78, 5) is 31.1. The normalized spacial score (nSPS) is 23.5. The number of imide groups is 1. The van der Waals surface area contributed by atoms with Crippen molar-refractivity contribution in [3.05, 3.63) is 0 Å². The highest BCUT2D eigenvalue weighted by atomic mass is 32.2. The Balaban J connectivity index is 2.53. The SMILES string of the molecule is O=C([O-])CC1SC(=O)NC1=O. The fraction of sp³-hybridized carbons (Fsp3) is 0.400. The first-order chi connectivity index (χ1) is 5.09. The van der Waals surface area contributed by atoms with Gasteiger partial charge < -0.3 is 9.90 Å². The van der Waals surface area contributed by atoms with E-state index in [4.69, 9.17) is 0 Å². The Bertz CT molecular complexity index is 227. The fourth-order valence-corrected chi connectivity index (χ4v) is 1.48. The second-order valence-corrected chi connectivity index (χ2v) is 3.13. The van der Waals surface area contributed by atoms with Crippen LogP contribution in [-0.2, 0) is 9.59 Å². The largest absolute Gasteiger partial charge is 0.550 e. The van der Waals surface area contributed by atoms with Crippen molar-refractivity contribution in [2.75, 3.05) is 0 Å². The van der Waals surface area contributed by atoms with E-state index in [1.807, 2.05) is 5.32 Å². The lowest BCUT2D eigenvalue weighted by Gasteiger charge is -2.03. The number of hydrogen-bond donors (Lipinski definition) is 1. The van der Waals surface area contributed by atoms with Gasteiger partial charge in [-0.2, -0.15) is 0 Å². The van der Waals surface area contributed by atoms with Gasteiger partial charge in [0.25, 0.3) is 5.24 Å². The lowest BCUT2D eigenvalue weighted by Crippen LogP contribution is -2.31. The minimum absolute atomic E-state index is 0.414. The molecule has 0 radical (unpaired) electrons. The van der Waals surface area contributed by atoms with Crippen LogP contribution in [0.15, 0.2) is 0 Å². The summed E-state index contributed by atoms with van der Waals surface area (Å²) in [6.45, 7) is 0. The second-order valence-electron chi connectivity index (χ2n) is 1.96. The van der Waals surface area contributed by atoms with E-state index in [0.717, 1.165) is 0 Å². The van der Waals surface area contributed by atoms with Crippen LogP contribution in [0.1, 0.15) is 6.42 Å². The Hall–Kier alpha value is -1.04. The third-order valence-corrected chi connectivity index (χ3v) is 2.10. The molecule has 1 fully saturated rings. The van der Waals surface area contributed by atoms with Gasteiger partial charge in [0.2, 0.25) is 5.91 Å². The molecule has 1 heterocycles. The van der Waals surface area contributed by atoms with E-state index in [1.54, 1.807) is 0 Å². The number of rotatable bonds is 2. The van der Waals surface area contributed by atoms with E-state index in [2.05, 4.69) is 0 Å². The number of carbonyl (C=O) groups is 3. The van der Waals surface area contributed by atoms with Gasteiger partial charge in [-0.3, -0.25) is 14.9 Å². The molecule has 2 amide bonds. The summed E-state index contributed by atoms with van der Waals surface area (Å²) in [7, 11) is 0. The zero-order valence-electron chi connectivity index (χ0n) is 5.33. The maximum absolute atomic E-state index is 10.7. The molecule has 0 aliphatic carbocycles. The van der Waals surface area contributed by atoms with Crippen LogP contribution in [-0.4, -0.2) is 22.4 Å². The molecule has 0 spiro atoms. The van der Waals surface area contributed by atoms with Crippen molar-refractivity contribution in [1.82, 2.24) is 5.32 Å². The molecule has 60 valence electrons. The van der Waals surface area contributed by atoms with Crippen LogP contribution < -0.4 is 10.4 Å². The van der Waals surface area contributed by atoms with E-state index in [-0.39, 0.29) is 0 Å². The summed E-state index contributed by atoms with van der Waals surface area (Å²) in [6, 6.07) is 0. The topological polar surface area (TPSA) is 86.3 Å². The predicted octanol–water partition coefficient (Wildman–Crippen LogP) is -1.52. The van der Waals surface area contributed by atoms with Crippen molar-refractivity contribution in [2.45, 2.75) is 11.7 Å². The van der Waals surface area contributed by atoms with Crippen LogP contribution in [0.3, 0.4) is 0 Å². The highest BCUT2D eigenvalue weighted by Gasteiger charge is 2.31. The van der Waals surface area contributed by atoms with Crippen molar-refractivity contribution in [3.63, 3.8) is 0 Å². The van der Waals surface area contributed by atoms with Gasteiger partial charge in [-0.15, -0.1) is 0 Å². The number of carboxylic acid groups (broad SMARTS) is 1. The second kappa shape index (κ2) is 2.91. The molecule has 0 aromatic heterocycles. The Morgan fingerprint density at radius 2 is 2.27 bits per heavy atom. The number of hydrogen-bond acceptors (Lipinski definition) is 5. The van der Waals surface area contributed by atoms with Gasteiger partial charge in [-0.25, -0.2) is 0 Å². The summed E-state index contributed by atoms with van der Waals surface area (Å²) in [5.74, 6) is -1.88. The van der Waals surface area contributed by atoms with Crippen molar-refractivity contribution in [3.8, 4) is 0 Å². The molecule has 6 heteroatoms. The van der Waals surface area contributed by atoms with Gasteiger partial charge >= 0.3 is 0 Å². The van der Waals surface area contributed by atoms with Gasteiger partial charge in [0.1, 0.15) is 0 Å². The minimum Gasteiger partial charge on any atom is -0.550 e. The first-order valence-electron chi connectivity index (χ1n) is 2.81. The van der Waals surface area contributed by atoms with Crippen LogP contribution >= 0.6 is 11.8 Å². The quantitative estimate of drug-likeness (QED) is 0.549. The number of nitrogens with one attached hydrogen (secondary N) is 1. The standard InChI is InChI=1S/C5H5NO4S/c7-3(8)1-2-4(9)6-5(10)11-2/h2H,1H2,(H,7,8)(H,6,9,10)/p-1. The van der Waals surface area contributed by atoms with E-state index in [1.165, 1.54) is 0 Å². The van der Waals surface area contributed by atoms with Crippen LogP contribution in [0.5, 0.6) is 0 Å². The van der Waals surface area contributed by atoms with Crippen molar-refractivity contribution in [2.24, 2.45) is 0 Å². The zero-order valence-corrected chi connectivity index (χ0v) is 6.14. The molecule has 1 aliphatic rings. The average molecular weight is 174 g/mol. The lowest BCUT2D eigenvalue weighted by molar-refractivity contribution is -0.305. The lowest BCUT2D eigenvalue weighted by atomic mass is 10.3. The highest BCUT2D eigenvalue weighted by molar-refractivity contribution is 8.15. The van der Waals surface area contributed by atoms with Crippen molar-refractivity contribution < 1.29 is 19.5 Å². The third kappa shape index (κ3) is 1.94. The number of aliphatic carboxylic acids is 1. The Labute approximate surface area is 66.1 Å². The first kappa shape index (κ1) is 8.06. The number of thioether (sulfide) groups is 1. The van der Waals surface area contributed by atoms with Gasteiger partial charge in [0, 0.05) is 12.4 Å². The van der Waals surface area contributed by atoms with Crippen molar-refractivity contribution >= 4 is 28.9 Å². The molecule has 0 bridgehead atoms. The molecule has 1 rings (SSSR count). The van der Waals surface area contributed by atoms with Crippen molar-refractivity contribution in [1.29, 1.82) is 0 Å². The molecule has 0 aromatic carbocycles. The van der Waals surface area contributed by atoms with Gasteiger partial charge in [0.05, 0.1) is 5.25 Å². The third-order valence-electron chi connectivity index (χ3n) is 1.12. The Morgan fingerprint density at radius 3 is 2.64 bits per heavy atom. The minimum atomic E-state index is -1.33. The average Bonchev–Trinajstić information content (AvgIpc) is 2.09. The number of carboxylic acids is 1. The van der Waals surface area contributed by atoms with Gasteiger partial charge in [-0.1, -0.05) is 11.8 Å². The maximum Gasteiger partial charge on any atom is 0.286 e. The van der Waals surface area contributed by atoms with Crippen LogP contribution in [0.25, 0.3) is 0 Å². The molecule has 5 nitrogen and oxygen atoms in total. The first-order valence-corrected chi connectivity index (χ1v) is 3.69. The van der Waals surface area contributed by atoms with Gasteiger partial charge in [-0.05, 0) is 0 Å². The molecule has 1 saturated heterocycles.